The highest BCUT2D eigenvalue weighted by molar-refractivity contribution is 6.00. The highest BCUT2D eigenvalue weighted by Crippen LogP contribution is 2.20. The average molecular weight is 284 g/mol. The molecule has 6 nitrogen and oxygen atoms in total. The van der Waals surface area contributed by atoms with E-state index in [4.69, 9.17) is 4.74 Å². The molecule has 2 atom stereocenters. The fourth-order valence-corrected chi connectivity index (χ4v) is 2.70. The van der Waals surface area contributed by atoms with E-state index in [9.17, 15) is 14.7 Å². The molecule has 2 fully saturated rings. The van der Waals surface area contributed by atoms with Crippen LogP contribution in [0.2, 0.25) is 0 Å². The van der Waals surface area contributed by atoms with Gasteiger partial charge in [0, 0.05) is 13.0 Å². The van der Waals surface area contributed by atoms with E-state index in [0.717, 1.165) is 12.8 Å². The second kappa shape index (κ2) is 7.71. The van der Waals surface area contributed by atoms with Crippen LogP contribution in [0.4, 0.5) is 0 Å². The van der Waals surface area contributed by atoms with Gasteiger partial charge in [-0.1, -0.05) is 19.3 Å². The van der Waals surface area contributed by atoms with E-state index in [1.165, 1.54) is 19.3 Å². The predicted molar refractivity (Wildman–Crippen MR) is 73.0 cm³/mol. The van der Waals surface area contributed by atoms with Gasteiger partial charge in [0.05, 0.1) is 24.9 Å². The Morgan fingerprint density at radius 2 is 2.00 bits per heavy atom. The van der Waals surface area contributed by atoms with Crippen LogP contribution in [0.15, 0.2) is 0 Å². The molecule has 1 heterocycles. The first-order valence-electron chi connectivity index (χ1n) is 7.52. The van der Waals surface area contributed by atoms with E-state index in [1.807, 2.05) is 0 Å². The number of aliphatic hydroxyl groups excluding tert-OH is 1. The zero-order valence-electron chi connectivity index (χ0n) is 11.8. The highest BCUT2D eigenvalue weighted by Gasteiger charge is 2.26. The minimum Gasteiger partial charge on any atom is -0.389 e. The van der Waals surface area contributed by atoms with Crippen molar-refractivity contribution in [2.24, 2.45) is 0 Å². The van der Waals surface area contributed by atoms with E-state index in [-0.39, 0.29) is 17.9 Å². The summed E-state index contributed by atoms with van der Waals surface area (Å²) in [6.07, 6.45) is 6.32. The molecule has 0 spiro atoms. The Kier molecular flexibility index (Phi) is 5.94. The molecule has 1 aliphatic carbocycles. The van der Waals surface area contributed by atoms with Gasteiger partial charge in [-0.3, -0.25) is 14.9 Å². The van der Waals surface area contributed by atoms with Crippen molar-refractivity contribution in [1.29, 1.82) is 0 Å². The van der Waals surface area contributed by atoms with Crippen LogP contribution in [-0.2, 0) is 14.3 Å². The van der Waals surface area contributed by atoms with Gasteiger partial charge in [-0.05, 0) is 19.3 Å². The molecule has 0 aromatic carbocycles. The Hall–Kier alpha value is -0.980. The van der Waals surface area contributed by atoms with Crippen LogP contribution in [0.5, 0.6) is 0 Å². The highest BCUT2D eigenvalue weighted by atomic mass is 16.5. The van der Waals surface area contributed by atoms with E-state index in [2.05, 4.69) is 10.6 Å². The molecule has 0 aromatic heterocycles. The van der Waals surface area contributed by atoms with Gasteiger partial charge in [-0.2, -0.15) is 0 Å². The maximum Gasteiger partial charge on any atom is 0.243 e. The number of rotatable bonds is 6. The molecule has 2 rings (SSSR count). The largest absolute Gasteiger partial charge is 0.389 e. The fraction of sp³-hybridized carbons (Fsp3) is 0.857. The van der Waals surface area contributed by atoms with Crippen molar-refractivity contribution in [3.05, 3.63) is 0 Å². The van der Waals surface area contributed by atoms with Crippen molar-refractivity contribution in [2.75, 3.05) is 13.2 Å². The van der Waals surface area contributed by atoms with Crippen molar-refractivity contribution in [3.63, 3.8) is 0 Å². The number of ether oxygens (including phenoxy) is 1. The fourth-order valence-electron chi connectivity index (χ4n) is 2.70. The van der Waals surface area contributed by atoms with Gasteiger partial charge in [0.2, 0.25) is 11.8 Å². The Labute approximate surface area is 119 Å². The molecule has 1 saturated carbocycles. The third kappa shape index (κ3) is 4.85. The van der Waals surface area contributed by atoms with Crippen LogP contribution in [0.1, 0.15) is 44.9 Å². The maximum atomic E-state index is 11.5. The summed E-state index contributed by atoms with van der Waals surface area (Å²) in [6.45, 7) is 0.601. The first-order chi connectivity index (χ1) is 9.65. The Balaban J connectivity index is 1.60. The van der Waals surface area contributed by atoms with Gasteiger partial charge in [-0.15, -0.1) is 0 Å². The quantitative estimate of drug-likeness (QED) is 0.602. The molecule has 3 N–H and O–H groups in total. The van der Waals surface area contributed by atoms with Crippen molar-refractivity contribution in [1.82, 2.24) is 10.6 Å². The summed E-state index contributed by atoms with van der Waals surface area (Å²) in [4.78, 5) is 22.5. The first kappa shape index (κ1) is 15.4. The normalized spacial score (nSPS) is 26.4. The minimum absolute atomic E-state index is 0.228. The molecule has 1 saturated heterocycles. The number of imide groups is 1. The molecule has 0 radical (unpaired) electrons. The van der Waals surface area contributed by atoms with Crippen LogP contribution < -0.4 is 10.6 Å². The number of carbonyl (C=O) groups excluding carboxylic acids is 2. The second-order valence-corrected chi connectivity index (χ2v) is 5.66. The minimum atomic E-state index is -0.623. The maximum absolute atomic E-state index is 11.5. The average Bonchev–Trinajstić information content (AvgIpc) is 2.45. The summed E-state index contributed by atoms with van der Waals surface area (Å²) >= 11 is 0. The van der Waals surface area contributed by atoms with E-state index < -0.39 is 12.1 Å². The third-order valence-corrected chi connectivity index (χ3v) is 3.92. The summed E-state index contributed by atoms with van der Waals surface area (Å²) in [5, 5.41) is 15.1. The lowest BCUT2D eigenvalue weighted by Gasteiger charge is -2.25. The lowest BCUT2D eigenvalue weighted by atomic mass is 9.98. The first-order valence-corrected chi connectivity index (χ1v) is 7.52. The Morgan fingerprint density at radius 3 is 2.70 bits per heavy atom. The number of carbonyl (C=O) groups is 2. The SMILES string of the molecule is O=C1CCC(NCC(O)COC2CCCCC2)C(=O)N1. The van der Waals surface area contributed by atoms with E-state index >= 15 is 0 Å². The summed E-state index contributed by atoms with van der Waals surface area (Å²) < 4.78 is 5.68. The predicted octanol–water partition coefficient (Wildman–Crippen LogP) is 0.0914. The molecule has 0 aromatic rings. The van der Waals surface area contributed by atoms with Crippen LogP contribution in [0.25, 0.3) is 0 Å². The van der Waals surface area contributed by atoms with Gasteiger partial charge in [0.1, 0.15) is 0 Å². The summed E-state index contributed by atoms with van der Waals surface area (Å²) in [5.74, 6) is -0.532. The molecule has 2 aliphatic rings. The summed E-state index contributed by atoms with van der Waals surface area (Å²) in [5.41, 5.74) is 0. The number of nitrogens with one attached hydrogen (secondary N) is 2. The van der Waals surface area contributed by atoms with Crippen molar-refractivity contribution in [2.45, 2.75) is 63.2 Å². The van der Waals surface area contributed by atoms with Crippen molar-refractivity contribution < 1.29 is 19.4 Å². The molecular weight excluding hydrogens is 260 g/mol. The summed E-state index contributed by atoms with van der Waals surface area (Å²) in [6, 6.07) is -0.392. The topological polar surface area (TPSA) is 87.7 Å². The van der Waals surface area contributed by atoms with Gasteiger partial charge in [0.25, 0.3) is 0 Å². The standard InChI is InChI=1S/C14H24N2O4/c17-10(9-20-11-4-2-1-3-5-11)8-15-12-6-7-13(18)16-14(12)19/h10-12,15,17H,1-9H2,(H,16,18,19). The molecular formula is C14H24N2O4. The number of piperidine rings is 1. The third-order valence-electron chi connectivity index (χ3n) is 3.92. The lowest BCUT2D eigenvalue weighted by Crippen LogP contribution is -2.52. The van der Waals surface area contributed by atoms with E-state index in [0.29, 0.717) is 26.0 Å². The molecule has 0 bridgehead atoms. The van der Waals surface area contributed by atoms with Gasteiger partial charge < -0.3 is 15.2 Å². The zero-order chi connectivity index (χ0) is 14.4. The smallest absolute Gasteiger partial charge is 0.243 e. The molecule has 20 heavy (non-hydrogen) atoms. The van der Waals surface area contributed by atoms with Crippen molar-refractivity contribution >= 4 is 11.8 Å². The molecule has 2 unspecified atom stereocenters. The Morgan fingerprint density at radius 1 is 1.25 bits per heavy atom. The molecule has 114 valence electrons. The molecule has 2 amide bonds. The van der Waals surface area contributed by atoms with E-state index in [1.54, 1.807) is 0 Å². The second-order valence-electron chi connectivity index (χ2n) is 5.66. The van der Waals surface area contributed by atoms with Crippen LogP contribution in [0, 0.1) is 0 Å². The van der Waals surface area contributed by atoms with Gasteiger partial charge in [-0.25, -0.2) is 0 Å². The van der Waals surface area contributed by atoms with Crippen LogP contribution >= 0.6 is 0 Å². The number of amides is 2. The number of hydrogen-bond donors (Lipinski definition) is 3. The number of aliphatic hydroxyl groups is 1. The number of hydrogen-bond acceptors (Lipinski definition) is 5. The summed E-state index contributed by atoms with van der Waals surface area (Å²) in [7, 11) is 0. The monoisotopic (exact) mass is 284 g/mol. The molecule has 1 aliphatic heterocycles. The zero-order valence-corrected chi connectivity index (χ0v) is 11.8. The lowest BCUT2D eigenvalue weighted by molar-refractivity contribution is -0.134. The molecule has 6 heteroatoms. The van der Waals surface area contributed by atoms with Crippen LogP contribution in [0.3, 0.4) is 0 Å². The Bertz CT molecular complexity index is 342. The van der Waals surface area contributed by atoms with Gasteiger partial charge in [0.15, 0.2) is 0 Å². The van der Waals surface area contributed by atoms with Crippen molar-refractivity contribution in [3.8, 4) is 0 Å². The van der Waals surface area contributed by atoms with Crippen LogP contribution in [-0.4, -0.2) is 48.3 Å². The van der Waals surface area contributed by atoms with Gasteiger partial charge >= 0.3 is 0 Å².